The predicted molar refractivity (Wildman–Crippen MR) is 125 cm³/mol. The van der Waals surface area contributed by atoms with Crippen LogP contribution in [-0.4, -0.2) is 80.3 Å². The van der Waals surface area contributed by atoms with Crippen LogP contribution in [0.5, 0.6) is 11.5 Å². The standard InChI is InChI=1S/C25H29N3O5/c1-17-5-4-6-19(15-17)28-24(30)22(18-7-8-20(32-2)21(16-18)33-3)23(25(28)31)27-11-9-26(10-12-27)13-14-29/h4-8,15-16,29H,9-14H2,1-3H3. The monoisotopic (exact) mass is 451 g/mol. The molecule has 2 aromatic rings. The fourth-order valence-corrected chi connectivity index (χ4v) is 4.40. The molecule has 0 saturated carbocycles. The van der Waals surface area contributed by atoms with Crippen LogP contribution >= 0.6 is 0 Å². The van der Waals surface area contributed by atoms with E-state index >= 15 is 0 Å². The van der Waals surface area contributed by atoms with E-state index in [1.807, 2.05) is 30.0 Å². The number of rotatable bonds is 7. The van der Waals surface area contributed by atoms with E-state index in [1.54, 1.807) is 31.4 Å². The summed E-state index contributed by atoms with van der Waals surface area (Å²) < 4.78 is 10.8. The van der Waals surface area contributed by atoms with E-state index in [0.29, 0.717) is 66.7 Å². The van der Waals surface area contributed by atoms with E-state index in [9.17, 15) is 14.7 Å². The van der Waals surface area contributed by atoms with Gasteiger partial charge in [0.25, 0.3) is 11.8 Å². The quantitative estimate of drug-likeness (QED) is 0.644. The van der Waals surface area contributed by atoms with Crippen LogP contribution in [0.3, 0.4) is 0 Å². The van der Waals surface area contributed by atoms with E-state index in [4.69, 9.17) is 9.47 Å². The van der Waals surface area contributed by atoms with Gasteiger partial charge in [-0.25, -0.2) is 4.90 Å². The molecule has 1 saturated heterocycles. The van der Waals surface area contributed by atoms with Crippen molar-refractivity contribution in [3.8, 4) is 11.5 Å². The number of amides is 2. The number of benzene rings is 2. The lowest BCUT2D eigenvalue weighted by molar-refractivity contribution is -0.120. The molecule has 0 unspecified atom stereocenters. The van der Waals surface area contributed by atoms with Crippen LogP contribution in [-0.2, 0) is 9.59 Å². The van der Waals surface area contributed by atoms with Gasteiger partial charge in [0.05, 0.1) is 32.1 Å². The average molecular weight is 452 g/mol. The highest BCUT2D eigenvalue weighted by molar-refractivity contribution is 6.45. The molecule has 0 spiro atoms. The molecule has 4 rings (SSSR count). The fraction of sp³-hybridized carbons (Fsp3) is 0.360. The number of carbonyl (C=O) groups is 2. The first kappa shape index (κ1) is 22.8. The number of hydrogen-bond acceptors (Lipinski definition) is 7. The minimum absolute atomic E-state index is 0.0954. The van der Waals surface area contributed by atoms with Crippen LogP contribution in [0, 0.1) is 6.92 Å². The maximum absolute atomic E-state index is 13.7. The number of β-amino-alcohol motifs (C(OH)–C–C–N with tert-alkyl or cyclic N) is 1. The molecule has 0 atom stereocenters. The van der Waals surface area contributed by atoms with Crippen molar-refractivity contribution < 1.29 is 24.2 Å². The molecule has 2 aliphatic heterocycles. The number of carbonyl (C=O) groups excluding carboxylic acids is 2. The Kier molecular flexibility index (Phi) is 6.67. The van der Waals surface area contributed by atoms with Gasteiger partial charge < -0.3 is 19.5 Å². The second-order valence-electron chi connectivity index (χ2n) is 8.13. The largest absolute Gasteiger partial charge is 0.493 e. The maximum atomic E-state index is 13.7. The lowest BCUT2D eigenvalue weighted by Gasteiger charge is -2.36. The van der Waals surface area contributed by atoms with E-state index in [0.717, 1.165) is 5.56 Å². The van der Waals surface area contributed by atoms with Gasteiger partial charge in [-0.1, -0.05) is 18.2 Å². The first-order valence-electron chi connectivity index (χ1n) is 11.0. The summed E-state index contributed by atoms with van der Waals surface area (Å²) in [5.74, 6) is 0.355. The number of methoxy groups -OCH3 is 2. The van der Waals surface area contributed by atoms with Crippen molar-refractivity contribution in [2.24, 2.45) is 0 Å². The highest BCUT2D eigenvalue weighted by Crippen LogP contribution is 2.38. The van der Waals surface area contributed by atoms with Gasteiger partial charge >= 0.3 is 0 Å². The lowest BCUT2D eigenvalue weighted by Crippen LogP contribution is -2.48. The van der Waals surface area contributed by atoms with Crippen LogP contribution in [0.25, 0.3) is 5.57 Å². The van der Waals surface area contributed by atoms with Crippen molar-refractivity contribution in [3.05, 3.63) is 59.3 Å². The van der Waals surface area contributed by atoms with Crippen LogP contribution in [0.1, 0.15) is 11.1 Å². The minimum atomic E-state index is -0.356. The summed E-state index contributed by atoms with van der Waals surface area (Å²) >= 11 is 0. The van der Waals surface area contributed by atoms with E-state index in [-0.39, 0.29) is 18.4 Å². The second kappa shape index (κ2) is 9.64. The summed E-state index contributed by atoms with van der Waals surface area (Å²) in [6.45, 7) is 5.21. The molecule has 2 aromatic carbocycles. The van der Waals surface area contributed by atoms with Gasteiger partial charge in [-0.2, -0.15) is 0 Å². The molecular weight excluding hydrogens is 422 g/mol. The predicted octanol–water partition coefficient (Wildman–Crippen LogP) is 1.91. The molecule has 1 N–H and O–H groups in total. The van der Waals surface area contributed by atoms with Crippen molar-refractivity contribution in [2.75, 3.05) is 58.5 Å². The molecule has 2 amide bonds. The maximum Gasteiger partial charge on any atom is 0.282 e. The fourth-order valence-electron chi connectivity index (χ4n) is 4.40. The summed E-state index contributed by atoms with van der Waals surface area (Å²) in [7, 11) is 3.09. The third-order valence-electron chi connectivity index (χ3n) is 6.10. The van der Waals surface area contributed by atoms with Crippen molar-refractivity contribution in [2.45, 2.75) is 6.92 Å². The summed E-state index contributed by atoms with van der Waals surface area (Å²) in [6.07, 6.45) is 0. The van der Waals surface area contributed by atoms with Gasteiger partial charge in [0.15, 0.2) is 11.5 Å². The average Bonchev–Trinajstić information content (AvgIpc) is 3.09. The third-order valence-corrected chi connectivity index (χ3v) is 6.10. The van der Waals surface area contributed by atoms with Gasteiger partial charge in [0.2, 0.25) is 0 Å². The Morgan fingerprint density at radius 3 is 2.27 bits per heavy atom. The van der Waals surface area contributed by atoms with E-state index < -0.39 is 0 Å². The van der Waals surface area contributed by atoms with E-state index in [2.05, 4.69) is 4.90 Å². The van der Waals surface area contributed by atoms with Crippen LogP contribution in [0.4, 0.5) is 5.69 Å². The number of aliphatic hydroxyl groups excluding tert-OH is 1. The Balaban J connectivity index is 1.78. The molecule has 0 aromatic heterocycles. The normalized spacial score (nSPS) is 17.2. The van der Waals surface area contributed by atoms with Crippen LogP contribution < -0.4 is 14.4 Å². The number of piperazine rings is 1. The molecule has 0 radical (unpaired) electrons. The van der Waals surface area contributed by atoms with Gasteiger partial charge in [-0.15, -0.1) is 0 Å². The molecule has 8 nitrogen and oxygen atoms in total. The van der Waals surface area contributed by atoms with Crippen molar-refractivity contribution >= 4 is 23.1 Å². The van der Waals surface area contributed by atoms with Crippen LogP contribution in [0.2, 0.25) is 0 Å². The Bertz CT molecular complexity index is 1090. The lowest BCUT2D eigenvalue weighted by atomic mass is 10.0. The Hall–Kier alpha value is -3.36. The Morgan fingerprint density at radius 1 is 0.909 bits per heavy atom. The first-order valence-corrected chi connectivity index (χ1v) is 11.0. The zero-order valence-corrected chi connectivity index (χ0v) is 19.2. The third kappa shape index (κ3) is 4.31. The number of imide groups is 1. The highest BCUT2D eigenvalue weighted by Gasteiger charge is 2.43. The second-order valence-corrected chi connectivity index (χ2v) is 8.13. The number of anilines is 1. The first-order chi connectivity index (χ1) is 16.0. The van der Waals surface area contributed by atoms with Gasteiger partial charge in [0, 0.05) is 32.7 Å². The molecule has 174 valence electrons. The Labute approximate surface area is 193 Å². The molecule has 2 heterocycles. The molecule has 1 fully saturated rings. The Morgan fingerprint density at radius 2 is 1.64 bits per heavy atom. The van der Waals surface area contributed by atoms with Crippen molar-refractivity contribution in [3.63, 3.8) is 0 Å². The molecular formula is C25H29N3O5. The van der Waals surface area contributed by atoms with Gasteiger partial charge in [-0.3, -0.25) is 14.5 Å². The topological polar surface area (TPSA) is 82.5 Å². The molecule has 8 heteroatoms. The smallest absolute Gasteiger partial charge is 0.282 e. The SMILES string of the molecule is COc1ccc(C2=C(N3CCN(CCO)CC3)C(=O)N(c3cccc(C)c3)C2=O)cc1OC. The molecule has 0 aliphatic carbocycles. The van der Waals surface area contributed by atoms with Crippen molar-refractivity contribution in [1.29, 1.82) is 0 Å². The van der Waals surface area contributed by atoms with Crippen LogP contribution in [0.15, 0.2) is 48.2 Å². The number of aryl methyl sites for hydroxylation is 1. The summed E-state index contributed by atoms with van der Waals surface area (Å²) in [6, 6.07) is 12.6. The van der Waals surface area contributed by atoms with Gasteiger partial charge in [0.1, 0.15) is 5.70 Å². The summed E-state index contributed by atoms with van der Waals surface area (Å²) in [5.41, 5.74) is 2.88. The number of ether oxygens (including phenoxy) is 2. The molecule has 33 heavy (non-hydrogen) atoms. The minimum Gasteiger partial charge on any atom is -0.493 e. The summed E-state index contributed by atoms with van der Waals surface area (Å²) in [4.78, 5) is 32.8. The number of hydrogen-bond donors (Lipinski definition) is 1. The number of nitrogens with zero attached hydrogens (tertiary/aromatic N) is 3. The van der Waals surface area contributed by atoms with Crippen molar-refractivity contribution in [1.82, 2.24) is 9.80 Å². The molecule has 0 bridgehead atoms. The zero-order valence-electron chi connectivity index (χ0n) is 19.2. The van der Waals surface area contributed by atoms with E-state index in [1.165, 1.54) is 12.0 Å². The summed E-state index contributed by atoms with van der Waals surface area (Å²) in [5, 5.41) is 9.25. The zero-order chi connectivity index (χ0) is 23.5. The van der Waals surface area contributed by atoms with Gasteiger partial charge in [-0.05, 0) is 42.3 Å². The molecule has 2 aliphatic rings. The highest BCUT2D eigenvalue weighted by atomic mass is 16.5. The number of aliphatic hydroxyl groups is 1.